The number of allylic oxidation sites excluding steroid dienone is 1. The summed E-state index contributed by atoms with van der Waals surface area (Å²) in [6.45, 7) is 0. The number of rotatable bonds is 6. The minimum atomic E-state index is -0.593. The number of nitrogens with one attached hydrogen (secondary N) is 1. The molecule has 0 fully saturated rings. The number of aromatic nitrogens is 1. The molecule has 0 saturated heterocycles. The van der Waals surface area contributed by atoms with E-state index in [4.69, 9.17) is 21.1 Å². The average Bonchev–Trinajstić information content (AvgIpc) is 3.28. The van der Waals surface area contributed by atoms with Crippen LogP contribution in [0.25, 0.3) is 16.8 Å². The van der Waals surface area contributed by atoms with Gasteiger partial charge in [0.05, 0.1) is 36.7 Å². The standard InChI is InChI=1S/C22H16ClN3O4S/c1-29-21(27)14-5-8-17(22(28)30-2)18(9-14)25-11-15(10-24)20-26-19(12-31-20)13-3-6-16(23)7-4-13/h3-9,11-12,25H,1-2H3/b15-11+. The fourth-order valence-corrected chi connectivity index (χ4v) is 3.56. The number of benzene rings is 2. The monoisotopic (exact) mass is 453 g/mol. The average molecular weight is 454 g/mol. The van der Waals surface area contributed by atoms with Gasteiger partial charge in [-0.25, -0.2) is 14.6 Å². The van der Waals surface area contributed by atoms with Crippen LogP contribution in [0, 0.1) is 11.3 Å². The third kappa shape index (κ3) is 5.09. The number of carbonyl (C=O) groups is 2. The minimum absolute atomic E-state index is 0.199. The summed E-state index contributed by atoms with van der Waals surface area (Å²) in [7, 11) is 2.52. The molecule has 0 radical (unpaired) electrons. The molecule has 0 aliphatic rings. The van der Waals surface area contributed by atoms with E-state index < -0.39 is 11.9 Å². The second kappa shape index (κ2) is 9.89. The quantitative estimate of drug-likeness (QED) is 0.413. The Morgan fingerprint density at radius 2 is 1.84 bits per heavy atom. The van der Waals surface area contributed by atoms with Crippen molar-refractivity contribution in [2.45, 2.75) is 0 Å². The zero-order valence-electron chi connectivity index (χ0n) is 16.5. The normalized spacial score (nSPS) is 10.8. The number of carbonyl (C=O) groups excluding carboxylic acids is 2. The van der Waals surface area contributed by atoms with Crippen molar-refractivity contribution in [1.82, 2.24) is 4.98 Å². The van der Waals surface area contributed by atoms with Crippen LogP contribution in [0.1, 0.15) is 25.7 Å². The molecular weight excluding hydrogens is 438 g/mol. The third-order valence-corrected chi connectivity index (χ3v) is 5.34. The van der Waals surface area contributed by atoms with E-state index in [0.717, 1.165) is 5.56 Å². The van der Waals surface area contributed by atoms with Gasteiger partial charge in [-0.3, -0.25) is 0 Å². The number of methoxy groups -OCH3 is 2. The van der Waals surface area contributed by atoms with E-state index in [0.29, 0.717) is 15.7 Å². The summed E-state index contributed by atoms with van der Waals surface area (Å²) >= 11 is 7.22. The van der Waals surface area contributed by atoms with E-state index in [1.54, 1.807) is 12.1 Å². The molecule has 0 amide bonds. The first-order chi connectivity index (χ1) is 15.0. The Morgan fingerprint density at radius 3 is 2.48 bits per heavy atom. The van der Waals surface area contributed by atoms with Crippen molar-refractivity contribution < 1.29 is 19.1 Å². The lowest BCUT2D eigenvalue weighted by molar-refractivity contribution is 0.0587. The van der Waals surface area contributed by atoms with E-state index in [-0.39, 0.29) is 22.4 Å². The molecule has 0 saturated carbocycles. The zero-order valence-corrected chi connectivity index (χ0v) is 18.1. The van der Waals surface area contributed by atoms with Gasteiger partial charge in [0.1, 0.15) is 16.6 Å². The molecule has 0 unspecified atom stereocenters. The topological polar surface area (TPSA) is 101 Å². The molecule has 3 aromatic rings. The number of thiazole rings is 1. The van der Waals surface area contributed by atoms with Crippen LogP contribution in [-0.4, -0.2) is 31.1 Å². The van der Waals surface area contributed by atoms with Gasteiger partial charge in [0.25, 0.3) is 0 Å². The van der Waals surface area contributed by atoms with Crippen molar-refractivity contribution in [1.29, 1.82) is 5.26 Å². The van der Waals surface area contributed by atoms with Crippen molar-refractivity contribution in [2.75, 3.05) is 19.5 Å². The molecular formula is C22H16ClN3O4S. The molecule has 1 aromatic heterocycles. The van der Waals surface area contributed by atoms with Crippen LogP contribution < -0.4 is 5.32 Å². The van der Waals surface area contributed by atoms with Gasteiger partial charge in [0, 0.05) is 22.2 Å². The van der Waals surface area contributed by atoms with Crippen LogP contribution in [0.2, 0.25) is 5.02 Å². The molecule has 1 heterocycles. The molecule has 0 bridgehead atoms. The fourth-order valence-electron chi connectivity index (χ4n) is 2.64. The number of nitriles is 1. The van der Waals surface area contributed by atoms with Gasteiger partial charge >= 0.3 is 11.9 Å². The summed E-state index contributed by atoms with van der Waals surface area (Å²) in [6.07, 6.45) is 1.42. The molecule has 9 heteroatoms. The van der Waals surface area contributed by atoms with Gasteiger partial charge in [-0.15, -0.1) is 11.3 Å². The Kier molecular flexibility index (Phi) is 7.03. The van der Waals surface area contributed by atoms with Gasteiger partial charge in [-0.1, -0.05) is 23.7 Å². The van der Waals surface area contributed by atoms with E-state index in [2.05, 4.69) is 16.4 Å². The molecule has 7 nitrogen and oxygen atoms in total. The molecule has 156 valence electrons. The predicted molar refractivity (Wildman–Crippen MR) is 119 cm³/mol. The Morgan fingerprint density at radius 1 is 1.13 bits per heavy atom. The first kappa shape index (κ1) is 22.0. The maximum atomic E-state index is 12.1. The number of anilines is 1. The van der Waals surface area contributed by atoms with E-state index in [9.17, 15) is 14.9 Å². The van der Waals surface area contributed by atoms with Crippen molar-refractivity contribution in [3.8, 4) is 17.3 Å². The highest BCUT2D eigenvalue weighted by atomic mass is 35.5. The molecule has 0 aliphatic carbocycles. The smallest absolute Gasteiger partial charge is 0.339 e. The second-order valence-electron chi connectivity index (χ2n) is 6.10. The first-order valence-corrected chi connectivity index (χ1v) is 10.1. The zero-order chi connectivity index (χ0) is 22.4. The van der Waals surface area contributed by atoms with Crippen molar-refractivity contribution in [3.63, 3.8) is 0 Å². The SMILES string of the molecule is COC(=O)c1ccc(C(=O)OC)c(N/C=C(\C#N)c2nc(-c3ccc(Cl)cc3)cs2)c1. The van der Waals surface area contributed by atoms with Gasteiger partial charge in [0.15, 0.2) is 0 Å². The largest absolute Gasteiger partial charge is 0.465 e. The lowest BCUT2D eigenvalue weighted by atomic mass is 10.1. The van der Waals surface area contributed by atoms with Gasteiger partial charge in [-0.2, -0.15) is 5.26 Å². The summed E-state index contributed by atoms with van der Waals surface area (Å²) in [5, 5.41) is 15.5. The summed E-state index contributed by atoms with van der Waals surface area (Å²) < 4.78 is 9.50. The maximum absolute atomic E-state index is 12.1. The fraction of sp³-hybridized carbons (Fsp3) is 0.0909. The molecule has 0 aliphatic heterocycles. The molecule has 1 N–H and O–H groups in total. The van der Waals surface area contributed by atoms with Crippen LogP contribution in [0.5, 0.6) is 0 Å². The van der Waals surface area contributed by atoms with E-state index in [1.165, 1.54) is 50.0 Å². The van der Waals surface area contributed by atoms with Crippen molar-refractivity contribution >= 4 is 46.1 Å². The van der Waals surface area contributed by atoms with Crippen LogP contribution in [-0.2, 0) is 9.47 Å². The number of halogens is 1. The number of nitrogens with zero attached hydrogens (tertiary/aromatic N) is 2. The number of hydrogen-bond acceptors (Lipinski definition) is 8. The van der Waals surface area contributed by atoms with E-state index in [1.807, 2.05) is 17.5 Å². The molecule has 3 rings (SSSR count). The van der Waals surface area contributed by atoms with Crippen molar-refractivity contribution in [2.24, 2.45) is 0 Å². The third-order valence-electron chi connectivity index (χ3n) is 4.21. The summed E-state index contributed by atoms with van der Waals surface area (Å²) in [4.78, 5) is 28.4. The second-order valence-corrected chi connectivity index (χ2v) is 7.40. The van der Waals surface area contributed by atoms with Crippen LogP contribution in [0.4, 0.5) is 5.69 Å². The van der Waals surface area contributed by atoms with Gasteiger partial charge < -0.3 is 14.8 Å². The predicted octanol–water partition coefficient (Wildman–Crippen LogP) is 5.01. The van der Waals surface area contributed by atoms with Crippen molar-refractivity contribution in [3.05, 3.63) is 75.2 Å². The number of ether oxygens (including phenoxy) is 2. The van der Waals surface area contributed by atoms with Crippen LogP contribution in [0.15, 0.2) is 54.0 Å². The lowest BCUT2D eigenvalue weighted by Gasteiger charge is -2.10. The number of hydrogen-bond donors (Lipinski definition) is 1. The maximum Gasteiger partial charge on any atom is 0.339 e. The highest BCUT2D eigenvalue weighted by molar-refractivity contribution is 7.11. The lowest BCUT2D eigenvalue weighted by Crippen LogP contribution is -2.08. The Labute approximate surface area is 187 Å². The summed E-state index contributed by atoms with van der Waals surface area (Å²) in [5.74, 6) is -1.15. The number of esters is 2. The van der Waals surface area contributed by atoms with Crippen LogP contribution >= 0.6 is 22.9 Å². The Hall–Kier alpha value is -3.67. The highest BCUT2D eigenvalue weighted by Crippen LogP contribution is 2.27. The van der Waals surface area contributed by atoms with Crippen LogP contribution in [0.3, 0.4) is 0 Å². The minimum Gasteiger partial charge on any atom is -0.465 e. The highest BCUT2D eigenvalue weighted by Gasteiger charge is 2.16. The van der Waals surface area contributed by atoms with Gasteiger partial charge in [-0.05, 0) is 30.3 Å². The Bertz CT molecular complexity index is 1200. The molecule has 31 heavy (non-hydrogen) atoms. The van der Waals surface area contributed by atoms with Gasteiger partial charge in [0.2, 0.25) is 0 Å². The first-order valence-electron chi connectivity index (χ1n) is 8.86. The molecule has 0 spiro atoms. The summed E-state index contributed by atoms with van der Waals surface area (Å²) in [6, 6.07) is 13.7. The summed E-state index contributed by atoms with van der Waals surface area (Å²) in [5.41, 5.74) is 2.56. The Balaban J connectivity index is 1.92. The van der Waals surface area contributed by atoms with E-state index >= 15 is 0 Å². The molecule has 2 aromatic carbocycles. The molecule has 0 atom stereocenters.